The maximum atomic E-state index is 15.0. The van der Waals surface area contributed by atoms with Gasteiger partial charge in [-0.3, -0.25) is 19.2 Å². The van der Waals surface area contributed by atoms with Gasteiger partial charge in [0.05, 0.1) is 43.0 Å². The molecule has 1 aromatic heterocycles. The molecule has 348 valence electrons. The Morgan fingerprint density at radius 2 is 1.59 bits per heavy atom. The number of likely N-dealkylation sites (N-methyl/N-ethyl adjacent to an activating group) is 1. The number of halogens is 2. The lowest BCUT2D eigenvalue weighted by Gasteiger charge is -2.50. The lowest BCUT2D eigenvalue weighted by Crippen LogP contribution is -2.65. The van der Waals surface area contributed by atoms with Crippen LogP contribution in [0, 0.1) is 5.92 Å². The van der Waals surface area contributed by atoms with Crippen molar-refractivity contribution in [2.24, 2.45) is 13.0 Å². The second-order valence-corrected chi connectivity index (χ2v) is 18.7. The fourth-order valence-electron chi connectivity index (χ4n) is 9.14. The lowest BCUT2D eigenvalue weighted by molar-refractivity contribution is -0.153. The summed E-state index contributed by atoms with van der Waals surface area (Å²) in [6, 6.07) is 27.7. The highest BCUT2D eigenvalue weighted by Gasteiger charge is 2.46. The number of amides is 4. The molecule has 5 aromatic rings. The smallest absolute Gasteiger partial charge is 0.247 e. The van der Waals surface area contributed by atoms with Crippen LogP contribution in [-0.2, 0) is 56.9 Å². The molecule has 3 heterocycles. The van der Waals surface area contributed by atoms with Crippen LogP contribution in [0.3, 0.4) is 0 Å². The summed E-state index contributed by atoms with van der Waals surface area (Å²) in [6.45, 7) is 2.85. The number of hydrogen-bond acceptors (Lipinski definition) is 8. The van der Waals surface area contributed by atoms with E-state index in [0.717, 1.165) is 28.2 Å². The number of aromatic nitrogens is 2. The molecular formula is C51H59Cl2N7O6. The van der Waals surface area contributed by atoms with Gasteiger partial charge in [0.1, 0.15) is 29.4 Å². The van der Waals surface area contributed by atoms with Crippen LogP contribution >= 0.6 is 23.2 Å². The van der Waals surface area contributed by atoms with Crippen LogP contribution in [0.5, 0.6) is 11.5 Å². The van der Waals surface area contributed by atoms with Crippen LogP contribution in [0.4, 0.5) is 0 Å². The summed E-state index contributed by atoms with van der Waals surface area (Å²) in [7, 11) is 9.20. The highest BCUT2D eigenvalue weighted by Crippen LogP contribution is 2.35. The first-order chi connectivity index (χ1) is 31.6. The Morgan fingerprint density at radius 1 is 0.879 bits per heavy atom. The average Bonchev–Trinajstić information content (AvgIpc) is 3.66. The fraction of sp³-hybridized carbons (Fsp3) is 0.392. The first kappa shape index (κ1) is 48.2. The molecule has 15 heteroatoms. The minimum atomic E-state index is -1.09. The van der Waals surface area contributed by atoms with Crippen molar-refractivity contribution in [2.75, 3.05) is 47.9 Å². The molecule has 2 aliphatic rings. The van der Waals surface area contributed by atoms with Gasteiger partial charge in [-0.25, -0.2) is 4.98 Å². The van der Waals surface area contributed by atoms with Crippen LogP contribution < -0.4 is 10.1 Å². The summed E-state index contributed by atoms with van der Waals surface area (Å²) in [5.41, 5.74) is 3.50. The number of carbonyl (C=O) groups is 4. The first-order valence-electron chi connectivity index (χ1n) is 22.3. The van der Waals surface area contributed by atoms with E-state index in [1.54, 1.807) is 37.1 Å². The second-order valence-electron chi connectivity index (χ2n) is 17.8. The predicted molar refractivity (Wildman–Crippen MR) is 256 cm³/mol. The van der Waals surface area contributed by atoms with Gasteiger partial charge in [0.15, 0.2) is 0 Å². The number of carbonyl (C=O) groups excluding carboxylic acids is 4. The normalized spacial score (nSPS) is 21.0. The second kappa shape index (κ2) is 21.3. The number of methoxy groups -OCH3 is 1. The standard InChI is InChI=1S/C51H59Cl2N7O6/c1-34-48(62)55-43(32-65-6)50(64)58(5)51(28-36-13-18-40(52)19-14-36)23-10-24-59(33-51)49(63)39(25-35-11-8-7-9-12-35)26-47(61)60(34)30-38-15-20-41(53)27-45(38)66-42-21-16-37(17-22-42)44-29-54-46(57(44)4)31-56(2)3/h7-9,11-22,27,29,34,39,43H,10,23-26,28,30-33H2,1-6H3,(H,55,62)/t34-,39+,43-,51+/m0/s1. The van der Waals surface area contributed by atoms with Gasteiger partial charge in [-0.05, 0) is 106 Å². The van der Waals surface area contributed by atoms with Gasteiger partial charge in [-0.2, -0.15) is 0 Å². The molecule has 66 heavy (non-hydrogen) atoms. The molecule has 4 atom stereocenters. The number of nitrogens with one attached hydrogen (secondary N) is 1. The number of piperidine rings is 1. The Labute approximate surface area is 397 Å². The van der Waals surface area contributed by atoms with Crippen LogP contribution in [0.1, 0.15) is 48.7 Å². The van der Waals surface area contributed by atoms with Crippen molar-refractivity contribution in [3.8, 4) is 22.8 Å². The monoisotopic (exact) mass is 935 g/mol. The highest BCUT2D eigenvalue weighted by molar-refractivity contribution is 6.31. The minimum absolute atomic E-state index is 0.0648. The molecule has 4 amide bonds. The van der Waals surface area contributed by atoms with Gasteiger partial charge in [0, 0.05) is 61.9 Å². The zero-order valence-corrected chi connectivity index (χ0v) is 40.0. The van der Waals surface area contributed by atoms with Crippen LogP contribution in [0.2, 0.25) is 10.0 Å². The maximum absolute atomic E-state index is 15.0. The summed E-state index contributed by atoms with van der Waals surface area (Å²) in [6.07, 6.45) is 3.65. The molecule has 2 fully saturated rings. The zero-order valence-electron chi connectivity index (χ0n) is 38.5. The van der Waals surface area contributed by atoms with E-state index in [1.807, 2.05) is 111 Å². The maximum Gasteiger partial charge on any atom is 0.247 e. The van der Waals surface area contributed by atoms with Gasteiger partial charge in [-0.15, -0.1) is 0 Å². The quantitative estimate of drug-likeness (QED) is 0.129. The third-order valence-electron chi connectivity index (χ3n) is 12.9. The van der Waals surface area contributed by atoms with Crippen LogP contribution in [0.25, 0.3) is 11.3 Å². The average molecular weight is 937 g/mol. The first-order valence-corrected chi connectivity index (χ1v) is 23.1. The van der Waals surface area contributed by atoms with E-state index >= 15 is 9.59 Å². The van der Waals surface area contributed by atoms with E-state index in [2.05, 4.69) is 19.8 Å². The Kier molecular flexibility index (Phi) is 15.5. The summed E-state index contributed by atoms with van der Waals surface area (Å²) in [4.78, 5) is 70.9. The van der Waals surface area contributed by atoms with Crippen molar-refractivity contribution in [1.82, 2.24) is 34.5 Å². The SMILES string of the molecule is COC[C@@H]1NC(=O)[C@H](C)N(Cc2ccc(Cl)cc2Oc2ccc(-c3cnc(CN(C)C)n3C)cc2)C(=O)C[C@@H](Cc2ccccc2)C(=O)N2CCC[C@@](Cc3ccc(Cl)cc3)(C2)N(C)C1=O. The summed E-state index contributed by atoms with van der Waals surface area (Å²) >= 11 is 12.8. The molecule has 7 rings (SSSR count). The van der Waals surface area contributed by atoms with E-state index in [4.69, 9.17) is 32.7 Å². The summed E-state index contributed by atoms with van der Waals surface area (Å²) in [5.74, 6) is -0.427. The third-order valence-corrected chi connectivity index (χ3v) is 13.3. The predicted octanol–water partition coefficient (Wildman–Crippen LogP) is 7.42. The number of fused-ring (bicyclic) bond motifs is 2. The molecular weight excluding hydrogens is 878 g/mol. The summed E-state index contributed by atoms with van der Waals surface area (Å²) < 4.78 is 14.1. The van der Waals surface area contributed by atoms with Gasteiger partial charge in [0.2, 0.25) is 23.6 Å². The van der Waals surface area contributed by atoms with Crippen molar-refractivity contribution >= 4 is 46.8 Å². The third kappa shape index (κ3) is 11.3. The van der Waals surface area contributed by atoms with Crippen molar-refractivity contribution in [3.63, 3.8) is 0 Å². The number of ether oxygens (including phenoxy) is 2. The number of hydrogen-bond donors (Lipinski definition) is 1. The Morgan fingerprint density at radius 3 is 2.29 bits per heavy atom. The summed E-state index contributed by atoms with van der Waals surface area (Å²) in [5, 5.41) is 3.96. The Balaban J connectivity index is 1.23. The van der Waals surface area contributed by atoms with E-state index in [0.29, 0.717) is 65.9 Å². The van der Waals surface area contributed by atoms with E-state index < -0.39 is 35.4 Å². The van der Waals surface area contributed by atoms with Crippen molar-refractivity contribution in [2.45, 2.75) is 69.7 Å². The fourth-order valence-corrected chi connectivity index (χ4v) is 9.43. The van der Waals surface area contributed by atoms with Gasteiger partial charge in [-0.1, -0.05) is 71.7 Å². The molecule has 2 bridgehead atoms. The molecule has 13 nitrogen and oxygen atoms in total. The van der Waals surface area contributed by atoms with Crippen molar-refractivity contribution < 1.29 is 28.7 Å². The van der Waals surface area contributed by atoms with Crippen molar-refractivity contribution in [3.05, 3.63) is 136 Å². The van der Waals surface area contributed by atoms with Crippen LogP contribution in [0.15, 0.2) is 103 Å². The van der Waals surface area contributed by atoms with Gasteiger partial charge in [0.25, 0.3) is 0 Å². The van der Waals surface area contributed by atoms with Gasteiger partial charge < -0.3 is 39.0 Å². The number of benzene rings is 4. The molecule has 0 aliphatic carbocycles. The number of imidazole rings is 1. The molecule has 0 saturated carbocycles. The largest absolute Gasteiger partial charge is 0.457 e. The van der Waals surface area contributed by atoms with E-state index in [1.165, 1.54) is 12.0 Å². The Bertz CT molecular complexity index is 2500. The molecule has 1 N–H and O–H groups in total. The molecule has 2 aliphatic heterocycles. The van der Waals surface area contributed by atoms with Gasteiger partial charge >= 0.3 is 0 Å². The van der Waals surface area contributed by atoms with Crippen molar-refractivity contribution in [1.29, 1.82) is 0 Å². The number of rotatable bonds is 13. The van der Waals surface area contributed by atoms with E-state index in [9.17, 15) is 9.59 Å². The lowest BCUT2D eigenvalue weighted by atomic mass is 9.80. The molecule has 4 aromatic carbocycles. The molecule has 0 radical (unpaired) electrons. The number of nitrogens with zero attached hydrogens (tertiary/aromatic N) is 6. The zero-order chi connectivity index (χ0) is 47.1. The van der Waals surface area contributed by atoms with E-state index in [-0.39, 0.29) is 37.9 Å². The van der Waals surface area contributed by atoms with Crippen LogP contribution in [-0.4, -0.2) is 118 Å². The highest BCUT2D eigenvalue weighted by atomic mass is 35.5. The minimum Gasteiger partial charge on any atom is -0.457 e. The topological polar surface area (TPSA) is 130 Å². The Hall–Kier alpha value is -5.73. The molecule has 2 saturated heterocycles. The molecule has 0 unspecified atom stereocenters. The molecule has 0 spiro atoms.